The topological polar surface area (TPSA) is 70.6 Å². The van der Waals surface area contributed by atoms with Crippen molar-refractivity contribution in [2.45, 2.75) is 26.2 Å². The average Bonchev–Trinajstić information content (AvgIpc) is 3.11. The summed E-state index contributed by atoms with van der Waals surface area (Å²) < 4.78 is 1.26. The van der Waals surface area contributed by atoms with E-state index in [1.807, 2.05) is 0 Å². The highest BCUT2D eigenvalue weighted by Crippen LogP contribution is 2.48. The standard InChI is InChI=1S/C13H18IN3O/c1-9-2-3-10(6-11(9)14)16-8-13(4-5-13)7-12(15)17-18/h2-3,6,16,18H,4-5,7-8H2,1H3,(H2,15,17). The van der Waals surface area contributed by atoms with E-state index < -0.39 is 0 Å². The molecule has 0 aliphatic heterocycles. The summed E-state index contributed by atoms with van der Waals surface area (Å²) in [5.41, 5.74) is 8.20. The highest BCUT2D eigenvalue weighted by molar-refractivity contribution is 14.1. The van der Waals surface area contributed by atoms with Gasteiger partial charge in [-0.25, -0.2) is 0 Å². The molecule has 2 rings (SSSR count). The number of hydrogen-bond donors (Lipinski definition) is 3. The fourth-order valence-corrected chi connectivity index (χ4v) is 2.52. The Morgan fingerprint density at radius 3 is 2.83 bits per heavy atom. The highest BCUT2D eigenvalue weighted by atomic mass is 127. The summed E-state index contributed by atoms with van der Waals surface area (Å²) in [6.07, 6.45) is 2.94. The van der Waals surface area contributed by atoms with Crippen LogP contribution in [0.4, 0.5) is 5.69 Å². The molecule has 98 valence electrons. The minimum atomic E-state index is 0.187. The van der Waals surface area contributed by atoms with Crippen molar-refractivity contribution in [3.05, 3.63) is 27.3 Å². The fraction of sp³-hybridized carbons (Fsp3) is 0.462. The van der Waals surface area contributed by atoms with Gasteiger partial charge >= 0.3 is 0 Å². The van der Waals surface area contributed by atoms with Crippen molar-refractivity contribution in [3.63, 3.8) is 0 Å². The lowest BCUT2D eigenvalue weighted by atomic mass is 10.0. The van der Waals surface area contributed by atoms with Gasteiger partial charge in [-0.1, -0.05) is 11.2 Å². The maximum atomic E-state index is 8.62. The number of anilines is 1. The second-order valence-electron chi connectivity index (χ2n) is 5.09. The molecule has 5 heteroatoms. The molecule has 1 aliphatic rings. The van der Waals surface area contributed by atoms with Crippen LogP contribution in [0.25, 0.3) is 0 Å². The third-order valence-corrected chi connectivity index (χ3v) is 4.64. The lowest BCUT2D eigenvalue weighted by molar-refractivity contribution is 0.315. The van der Waals surface area contributed by atoms with E-state index in [0.717, 1.165) is 25.1 Å². The van der Waals surface area contributed by atoms with Crippen LogP contribution in [0.1, 0.15) is 24.8 Å². The Bertz CT molecular complexity index is 469. The molecule has 1 saturated carbocycles. The number of nitrogens with two attached hydrogens (primary N) is 1. The van der Waals surface area contributed by atoms with Gasteiger partial charge in [0, 0.05) is 22.2 Å². The van der Waals surface area contributed by atoms with Crippen molar-refractivity contribution >= 4 is 34.1 Å². The van der Waals surface area contributed by atoms with E-state index in [1.165, 1.54) is 9.13 Å². The minimum absolute atomic E-state index is 0.187. The van der Waals surface area contributed by atoms with Crippen LogP contribution in [0.2, 0.25) is 0 Å². The summed E-state index contributed by atoms with van der Waals surface area (Å²) >= 11 is 2.34. The maximum absolute atomic E-state index is 8.62. The van der Waals surface area contributed by atoms with Gasteiger partial charge in [-0.05, 0) is 65.5 Å². The summed E-state index contributed by atoms with van der Waals surface area (Å²) in [6.45, 7) is 2.98. The SMILES string of the molecule is Cc1ccc(NCC2(C/C(N)=N/O)CC2)cc1I. The smallest absolute Gasteiger partial charge is 0.139 e. The van der Waals surface area contributed by atoms with Gasteiger partial charge < -0.3 is 16.3 Å². The zero-order valence-corrected chi connectivity index (χ0v) is 12.6. The van der Waals surface area contributed by atoms with E-state index in [2.05, 4.69) is 58.2 Å². The molecular weight excluding hydrogens is 341 g/mol. The van der Waals surface area contributed by atoms with Crippen molar-refractivity contribution in [1.29, 1.82) is 0 Å². The molecule has 0 atom stereocenters. The quantitative estimate of drug-likeness (QED) is 0.249. The summed E-state index contributed by atoms with van der Waals surface area (Å²) in [6, 6.07) is 6.36. The Morgan fingerprint density at radius 1 is 1.56 bits per heavy atom. The summed E-state index contributed by atoms with van der Waals surface area (Å²) in [7, 11) is 0. The van der Waals surface area contributed by atoms with Crippen LogP contribution in [0.3, 0.4) is 0 Å². The predicted molar refractivity (Wildman–Crippen MR) is 82.1 cm³/mol. The third kappa shape index (κ3) is 3.28. The molecule has 0 saturated heterocycles. The molecule has 4 nitrogen and oxygen atoms in total. The fourth-order valence-electron chi connectivity index (χ4n) is 2.00. The second-order valence-corrected chi connectivity index (χ2v) is 6.25. The van der Waals surface area contributed by atoms with Gasteiger partial charge in [0.05, 0.1) is 0 Å². The number of hydrogen-bond acceptors (Lipinski definition) is 3. The zero-order valence-electron chi connectivity index (χ0n) is 10.4. The van der Waals surface area contributed by atoms with E-state index >= 15 is 0 Å². The first-order valence-corrected chi connectivity index (χ1v) is 7.09. The molecule has 1 aromatic rings. The number of oxime groups is 1. The average molecular weight is 359 g/mol. The van der Waals surface area contributed by atoms with Crippen LogP contribution < -0.4 is 11.1 Å². The first kappa shape index (κ1) is 13.5. The summed E-state index contributed by atoms with van der Waals surface area (Å²) in [5.74, 6) is 0.327. The zero-order chi connectivity index (χ0) is 13.2. The van der Waals surface area contributed by atoms with Gasteiger partial charge in [0.25, 0.3) is 0 Å². The Kier molecular flexibility index (Phi) is 3.99. The predicted octanol–water partition coefficient (Wildman–Crippen LogP) is 2.93. The van der Waals surface area contributed by atoms with Gasteiger partial charge in [0.1, 0.15) is 5.84 Å². The Hall–Kier alpha value is -0.980. The molecule has 0 spiro atoms. The van der Waals surface area contributed by atoms with E-state index in [9.17, 15) is 0 Å². The molecule has 4 N–H and O–H groups in total. The number of amidine groups is 1. The molecule has 0 unspecified atom stereocenters. The Balaban J connectivity index is 1.93. The monoisotopic (exact) mass is 359 g/mol. The van der Waals surface area contributed by atoms with Crippen molar-refractivity contribution in [3.8, 4) is 0 Å². The molecule has 0 amide bonds. The second kappa shape index (κ2) is 5.34. The largest absolute Gasteiger partial charge is 0.409 e. The molecular formula is C13H18IN3O. The van der Waals surface area contributed by atoms with Crippen molar-refractivity contribution in [1.82, 2.24) is 0 Å². The maximum Gasteiger partial charge on any atom is 0.139 e. The van der Waals surface area contributed by atoms with Crippen LogP contribution >= 0.6 is 22.6 Å². The van der Waals surface area contributed by atoms with Crippen LogP contribution in [-0.2, 0) is 0 Å². The van der Waals surface area contributed by atoms with Crippen LogP contribution in [0, 0.1) is 15.9 Å². The normalized spacial score (nSPS) is 17.6. The van der Waals surface area contributed by atoms with Crippen LogP contribution in [0.5, 0.6) is 0 Å². The van der Waals surface area contributed by atoms with Crippen molar-refractivity contribution < 1.29 is 5.21 Å². The van der Waals surface area contributed by atoms with Crippen LogP contribution in [-0.4, -0.2) is 17.6 Å². The van der Waals surface area contributed by atoms with Gasteiger partial charge in [-0.2, -0.15) is 0 Å². The number of nitrogens with one attached hydrogen (secondary N) is 1. The van der Waals surface area contributed by atoms with E-state index in [1.54, 1.807) is 0 Å². The Morgan fingerprint density at radius 2 is 2.28 bits per heavy atom. The molecule has 1 fully saturated rings. The van der Waals surface area contributed by atoms with E-state index in [0.29, 0.717) is 12.3 Å². The number of nitrogens with zero attached hydrogens (tertiary/aromatic N) is 1. The number of benzene rings is 1. The molecule has 0 bridgehead atoms. The molecule has 0 heterocycles. The van der Waals surface area contributed by atoms with Gasteiger partial charge in [0.15, 0.2) is 0 Å². The lowest BCUT2D eigenvalue weighted by Gasteiger charge is -2.16. The molecule has 18 heavy (non-hydrogen) atoms. The first-order chi connectivity index (χ1) is 8.54. The van der Waals surface area contributed by atoms with E-state index in [4.69, 9.17) is 10.9 Å². The number of rotatable bonds is 5. The lowest BCUT2D eigenvalue weighted by Crippen LogP contribution is -2.23. The molecule has 0 radical (unpaired) electrons. The van der Waals surface area contributed by atoms with Gasteiger partial charge in [-0.15, -0.1) is 0 Å². The van der Waals surface area contributed by atoms with Crippen molar-refractivity contribution in [2.75, 3.05) is 11.9 Å². The minimum Gasteiger partial charge on any atom is -0.409 e. The first-order valence-electron chi connectivity index (χ1n) is 6.01. The Labute approximate surface area is 121 Å². The number of aryl methyl sites for hydroxylation is 1. The highest BCUT2D eigenvalue weighted by Gasteiger charge is 2.43. The third-order valence-electron chi connectivity index (χ3n) is 3.48. The van der Waals surface area contributed by atoms with Gasteiger partial charge in [0.2, 0.25) is 0 Å². The summed E-state index contributed by atoms with van der Waals surface area (Å²) in [5, 5.41) is 15.1. The molecule has 1 aromatic carbocycles. The van der Waals surface area contributed by atoms with Gasteiger partial charge in [-0.3, -0.25) is 0 Å². The number of halogens is 1. The molecule has 1 aliphatic carbocycles. The summed E-state index contributed by atoms with van der Waals surface area (Å²) in [4.78, 5) is 0. The van der Waals surface area contributed by atoms with Crippen molar-refractivity contribution in [2.24, 2.45) is 16.3 Å². The van der Waals surface area contributed by atoms with Crippen LogP contribution in [0.15, 0.2) is 23.4 Å². The van der Waals surface area contributed by atoms with E-state index in [-0.39, 0.29) is 5.41 Å². The molecule has 0 aromatic heterocycles.